The molecule has 2 rings (SSSR count). The molecule has 1 atom stereocenters. The monoisotopic (exact) mass is 251 g/mol. The second kappa shape index (κ2) is 5.78. The molecule has 0 aromatic heterocycles. The summed E-state index contributed by atoms with van der Waals surface area (Å²) in [6.07, 6.45) is 0. The van der Waals surface area contributed by atoms with E-state index < -0.39 is 0 Å². The average molecular weight is 251 g/mol. The molecule has 1 aliphatic rings. The average Bonchev–Trinajstić information content (AvgIpc) is 2.35. The number of halogens is 1. The van der Waals surface area contributed by atoms with Gasteiger partial charge in [0.25, 0.3) is 0 Å². The fourth-order valence-corrected chi connectivity index (χ4v) is 2.31. The lowest BCUT2D eigenvalue weighted by Gasteiger charge is -2.33. The Kier molecular flexibility index (Phi) is 4.32. The summed E-state index contributed by atoms with van der Waals surface area (Å²) in [5.74, 6) is -0.162. The van der Waals surface area contributed by atoms with Crippen molar-refractivity contribution in [3.8, 4) is 0 Å². The second-order valence-electron chi connectivity index (χ2n) is 5.22. The predicted octanol–water partition coefficient (Wildman–Crippen LogP) is 1.38. The maximum Gasteiger partial charge on any atom is 0.126 e. The van der Waals surface area contributed by atoms with Gasteiger partial charge in [0, 0.05) is 38.8 Å². The van der Waals surface area contributed by atoms with E-state index in [1.807, 2.05) is 6.07 Å². The highest BCUT2D eigenvalue weighted by molar-refractivity contribution is 5.26. The molecular weight excluding hydrogens is 229 g/mol. The van der Waals surface area contributed by atoms with Crippen LogP contribution in [0, 0.1) is 12.7 Å². The molecular formula is C14H22FN3. The summed E-state index contributed by atoms with van der Waals surface area (Å²) in [4.78, 5) is 4.70. The van der Waals surface area contributed by atoms with E-state index in [4.69, 9.17) is 5.73 Å². The van der Waals surface area contributed by atoms with Crippen LogP contribution in [0.4, 0.5) is 4.39 Å². The standard InChI is InChI=1S/C14H22FN3/c1-11-9-12(3-4-13(11)15)14(16)10-18-7-5-17(2)6-8-18/h3-4,9,14H,5-8,10,16H2,1-2H3. The summed E-state index contributed by atoms with van der Waals surface area (Å²) in [7, 11) is 2.14. The Morgan fingerprint density at radius 3 is 2.56 bits per heavy atom. The van der Waals surface area contributed by atoms with E-state index in [9.17, 15) is 4.39 Å². The van der Waals surface area contributed by atoms with Gasteiger partial charge in [0.2, 0.25) is 0 Å². The molecule has 1 aromatic carbocycles. The fourth-order valence-electron chi connectivity index (χ4n) is 2.31. The van der Waals surface area contributed by atoms with E-state index in [-0.39, 0.29) is 11.9 Å². The van der Waals surface area contributed by atoms with Crippen molar-refractivity contribution in [2.75, 3.05) is 39.8 Å². The first-order valence-corrected chi connectivity index (χ1v) is 6.49. The lowest BCUT2D eigenvalue weighted by Crippen LogP contribution is -2.46. The molecule has 3 nitrogen and oxygen atoms in total. The molecule has 1 saturated heterocycles. The van der Waals surface area contributed by atoms with Gasteiger partial charge < -0.3 is 10.6 Å². The van der Waals surface area contributed by atoms with Gasteiger partial charge in [-0.05, 0) is 31.2 Å². The molecule has 0 saturated carbocycles. The largest absolute Gasteiger partial charge is 0.323 e. The van der Waals surface area contributed by atoms with Gasteiger partial charge in [-0.25, -0.2) is 4.39 Å². The van der Waals surface area contributed by atoms with Crippen LogP contribution in [-0.2, 0) is 0 Å². The number of hydrogen-bond donors (Lipinski definition) is 1. The molecule has 1 heterocycles. The topological polar surface area (TPSA) is 32.5 Å². The summed E-state index contributed by atoms with van der Waals surface area (Å²) in [5.41, 5.74) is 7.89. The first-order chi connectivity index (χ1) is 8.56. The van der Waals surface area contributed by atoms with Gasteiger partial charge in [0.1, 0.15) is 5.82 Å². The maximum absolute atomic E-state index is 13.2. The molecule has 1 aliphatic heterocycles. The zero-order valence-electron chi connectivity index (χ0n) is 11.2. The third-order valence-electron chi connectivity index (χ3n) is 3.66. The zero-order valence-corrected chi connectivity index (χ0v) is 11.2. The minimum absolute atomic E-state index is 0.0345. The normalized spacial score (nSPS) is 20.0. The van der Waals surface area contributed by atoms with E-state index in [1.54, 1.807) is 13.0 Å². The van der Waals surface area contributed by atoms with Crippen LogP contribution in [0.3, 0.4) is 0 Å². The minimum Gasteiger partial charge on any atom is -0.323 e. The Balaban J connectivity index is 1.94. The predicted molar refractivity (Wildman–Crippen MR) is 72.0 cm³/mol. The van der Waals surface area contributed by atoms with E-state index in [0.29, 0.717) is 5.56 Å². The maximum atomic E-state index is 13.2. The quantitative estimate of drug-likeness (QED) is 0.881. The molecule has 1 fully saturated rings. The van der Waals surface area contributed by atoms with Crippen molar-refractivity contribution in [2.24, 2.45) is 5.73 Å². The number of nitrogens with two attached hydrogens (primary N) is 1. The van der Waals surface area contributed by atoms with Crippen LogP contribution in [0.1, 0.15) is 17.2 Å². The highest BCUT2D eigenvalue weighted by Crippen LogP contribution is 2.16. The van der Waals surface area contributed by atoms with E-state index in [1.165, 1.54) is 6.07 Å². The van der Waals surface area contributed by atoms with Gasteiger partial charge >= 0.3 is 0 Å². The SMILES string of the molecule is Cc1cc(C(N)CN2CCN(C)CC2)ccc1F. The number of rotatable bonds is 3. The van der Waals surface area contributed by atoms with Crippen LogP contribution >= 0.6 is 0 Å². The smallest absolute Gasteiger partial charge is 0.126 e. The third-order valence-corrected chi connectivity index (χ3v) is 3.66. The van der Waals surface area contributed by atoms with Crippen LogP contribution in [-0.4, -0.2) is 49.6 Å². The van der Waals surface area contributed by atoms with Gasteiger partial charge in [-0.3, -0.25) is 4.90 Å². The van der Waals surface area contributed by atoms with E-state index in [2.05, 4.69) is 16.8 Å². The van der Waals surface area contributed by atoms with E-state index in [0.717, 1.165) is 38.3 Å². The Morgan fingerprint density at radius 2 is 1.94 bits per heavy atom. The molecule has 0 amide bonds. The summed E-state index contributed by atoms with van der Waals surface area (Å²) in [5, 5.41) is 0. The van der Waals surface area contributed by atoms with Crippen molar-refractivity contribution in [1.29, 1.82) is 0 Å². The molecule has 2 N–H and O–H groups in total. The molecule has 0 spiro atoms. The highest BCUT2D eigenvalue weighted by Gasteiger charge is 2.17. The van der Waals surface area contributed by atoms with Crippen molar-refractivity contribution in [1.82, 2.24) is 9.80 Å². The van der Waals surface area contributed by atoms with Gasteiger partial charge in [-0.1, -0.05) is 12.1 Å². The molecule has 4 heteroatoms. The van der Waals surface area contributed by atoms with Crippen LogP contribution < -0.4 is 5.73 Å². The number of benzene rings is 1. The second-order valence-corrected chi connectivity index (χ2v) is 5.22. The summed E-state index contributed by atoms with van der Waals surface area (Å²) < 4.78 is 13.2. The Hall–Kier alpha value is -0.970. The van der Waals surface area contributed by atoms with Crippen LogP contribution in [0.2, 0.25) is 0 Å². The Labute approximate surface area is 108 Å². The highest BCUT2D eigenvalue weighted by atomic mass is 19.1. The lowest BCUT2D eigenvalue weighted by atomic mass is 10.0. The lowest BCUT2D eigenvalue weighted by molar-refractivity contribution is 0.147. The van der Waals surface area contributed by atoms with Crippen LogP contribution in [0.5, 0.6) is 0 Å². The number of aryl methyl sites for hydroxylation is 1. The van der Waals surface area contributed by atoms with Crippen molar-refractivity contribution >= 4 is 0 Å². The molecule has 1 unspecified atom stereocenters. The molecule has 0 aliphatic carbocycles. The first-order valence-electron chi connectivity index (χ1n) is 6.49. The fraction of sp³-hybridized carbons (Fsp3) is 0.571. The number of likely N-dealkylation sites (N-methyl/N-ethyl adjacent to an activating group) is 1. The summed E-state index contributed by atoms with van der Waals surface area (Å²) in [6, 6.07) is 5.13. The third kappa shape index (κ3) is 3.28. The Morgan fingerprint density at radius 1 is 1.28 bits per heavy atom. The van der Waals surface area contributed by atoms with Gasteiger partial charge in [0.15, 0.2) is 0 Å². The van der Waals surface area contributed by atoms with Gasteiger partial charge in [-0.15, -0.1) is 0 Å². The van der Waals surface area contributed by atoms with Crippen LogP contribution in [0.25, 0.3) is 0 Å². The summed E-state index contributed by atoms with van der Waals surface area (Å²) >= 11 is 0. The number of piperazine rings is 1. The molecule has 18 heavy (non-hydrogen) atoms. The molecule has 0 radical (unpaired) electrons. The van der Waals surface area contributed by atoms with Crippen molar-refractivity contribution in [3.05, 3.63) is 35.1 Å². The Bertz CT molecular complexity index is 400. The van der Waals surface area contributed by atoms with Crippen molar-refractivity contribution in [2.45, 2.75) is 13.0 Å². The van der Waals surface area contributed by atoms with E-state index >= 15 is 0 Å². The number of hydrogen-bond acceptors (Lipinski definition) is 3. The molecule has 100 valence electrons. The van der Waals surface area contributed by atoms with Gasteiger partial charge in [-0.2, -0.15) is 0 Å². The summed E-state index contributed by atoms with van der Waals surface area (Å²) in [6.45, 7) is 6.93. The minimum atomic E-state index is -0.162. The van der Waals surface area contributed by atoms with Crippen molar-refractivity contribution < 1.29 is 4.39 Å². The van der Waals surface area contributed by atoms with Crippen molar-refractivity contribution in [3.63, 3.8) is 0 Å². The first kappa shape index (κ1) is 13.5. The zero-order chi connectivity index (χ0) is 13.1. The van der Waals surface area contributed by atoms with Gasteiger partial charge in [0.05, 0.1) is 0 Å². The number of nitrogens with zero attached hydrogens (tertiary/aromatic N) is 2. The van der Waals surface area contributed by atoms with Crippen LogP contribution in [0.15, 0.2) is 18.2 Å². The molecule has 1 aromatic rings. The molecule has 0 bridgehead atoms.